The number of hydrogen-bond donors (Lipinski definition) is 0. The first-order valence-electron chi connectivity index (χ1n) is 6.33. The first-order chi connectivity index (χ1) is 10.2. The lowest BCUT2D eigenvalue weighted by molar-refractivity contribution is 0.0519. The van der Waals surface area contributed by atoms with Gasteiger partial charge in [-0.05, 0) is 24.6 Å². The summed E-state index contributed by atoms with van der Waals surface area (Å²) in [7, 11) is 1.31. The Morgan fingerprint density at radius 3 is 2.76 bits per heavy atom. The second-order valence-corrected chi connectivity index (χ2v) is 4.08. The van der Waals surface area contributed by atoms with E-state index in [1.807, 2.05) is 0 Å². The van der Waals surface area contributed by atoms with E-state index in [0.717, 1.165) is 0 Å². The number of carbonyl (C=O) groups excluding carboxylic acids is 2. The standard InChI is InChI=1S/C15H14N2O4/c1-3-21-15(19)13-12(8-16-9-17-13)10-5-4-6-11(7-10)14(18)20-2/h4-9H,3H2,1-2H3. The van der Waals surface area contributed by atoms with Gasteiger partial charge in [0, 0.05) is 11.8 Å². The molecule has 0 N–H and O–H groups in total. The molecule has 2 aromatic rings. The molecule has 21 heavy (non-hydrogen) atoms. The van der Waals surface area contributed by atoms with Crippen molar-refractivity contribution in [2.24, 2.45) is 0 Å². The number of methoxy groups -OCH3 is 1. The van der Waals surface area contributed by atoms with Gasteiger partial charge in [0.1, 0.15) is 6.33 Å². The number of ether oxygens (including phenoxy) is 2. The monoisotopic (exact) mass is 286 g/mol. The van der Waals surface area contributed by atoms with E-state index in [1.54, 1.807) is 31.2 Å². The maximum absolute atomic E-state index is 11.9. The van der Waals surface area contributed by atoms with Gasteiger partial charge in [0.2, 0.25) is 0 Å². The summed E-state index contributed by atoms with van der Waals surface area (Å²) in [5, 5.41) is 0. The van der Waals surface area contributed by atoms with Crippen molar-refractivity contribution in [2.75, 3.05) is 13.7 Å². The van der Waals surface area contributed by atoms with Crippen molar-refractivity contribution in [3.05, 3.63) is 48.0 Å². The van der Waals surface area contributed by atoms with Crippen molar-refractivity contribution >= 4 is 11.9 Å². The lowest BCUT2D eigenvalue weighted by atomic mass is 10.0. The maximum atomic E-state index is 11.9. The number of nitrogens with zero attached hydrogens (tertiary/aromatic N) is 2. The fourth-order valence-corrected chi connectivity index (χ4v) is 1.83. The van der Waals surface area contributed by atoms with Crippen molar-refractivity contribution in [1.82, 2.24) is 9.97 Å². The average Bonchev–Trinajstić information content (AvgIpc) is 2.54. The normalized spacial score (nSPS) is 10.0. The van der Waals surface area contributed by atoms with E-state index in [9.17, 15) is 9.59 Å². The molecule has 0 radical (unpaired) electrons. The highest BCUT2D eigenvalue weighted by molar-refractivity contribution is 5.96. The number of benzene rings is 1. The summed E-state index contributed by atoms with van der Waals surface area (Å²) in [6.07, 6.45) is 2.79. The van der Waals surface area contributed by atoms with Crippen LogP contribution in [0, 0.1) is 0 Å². The van der Waals surface area contributed by atoms with Crippen LogP contribution in [0.5, 0.6) is 0 Å². The predicted molar refractivity (Wildman–Crippen MR) is 74.8 cm³/mol. The predicted octanol–water partition coefficient (Wildman–Crippen LogP) is 2.11. The van der Waals surface area contributed by atoms with E-state index in [1.165, 1.54) is 19.6 Å². The maximum Gasteiger partial charge on any atom is 0.357 e. The summed E-state index contributed by atoms with van der Waals surface area (Å²) in [5.74, 6) is -0.982. The zero-order valence-electron chi connectivity index (χ0n) is 11.7. The minimum Gasteiger partial charge on any atom is -0.465 e. The third-order valence-electron chi connectivity index (χ3n) is 2.78. The van der Waals surface area contributed by atoms with Crippen LogP contribution < -0.4 is 0 Å². The number of aromatic nitrogens is 2. The molecule has 0 aliphatic carbocycles. The Balaban J connectivity index is 2.47. The molecule has 0 saturated heterocycles. The third kappa shape index (κ3) is 3.22. The molecule has 1 aromatic heterocycles. The van der Waals surface area contributed by atoms with Crippen LogP contribution in [0.15, 0.2) is 36.8 Å². The number of rotatable bonds is 4. The summed E-state index contributed by atoms with van der Waals surface area (Å²) in [6.45, 7) is 1.97. The number of carbonyl (C=O) groups is 2. The highest BCUT2D eigenvalue weighted by atomic mass is 16.5. The van der Waals surface area contributed by atoms with Gasteiger partial charge in [-0.2, -0.15) is 0 Å². The number of esters is 2. The molecule has 0 amide bonds. The van der Waals surface area contributed by atoms with Crippen molar-refractivity contribution in [1.29, 1.82) is 0 Å². The SMILES string of the molecule is CCOC(=O)c1ncncc1-c1cccc(C(=O)OC)c1. The molecule has 108 valence electrons. The lowest BCUT2D eigenvalue weighted by Gasteiger charge is -2.08. The summed E-state index contributed by atoms with van der Waals surface area (Å²) in [4.78, 5) is 31.4. The van der Waals surface area contributed by atoms with Crippen LogP contribution in [0.4, 0.5) is 0 Å². The molecular formula is C15H14N2O4. The second-order valence-electron chi connectivity index (χ2n) is 4.08. The molecule has 0 spiro atoms. The van der Waals surface area contributed by atoms with E-state index in [0.29, 0.717) is 16.7 Å². The van der Waals surface area contributed by atoms with Crippen LogP contribution in [0.25, 0.3) is 11.1 Å². The molecule has 0 bridgehead atoms. The van der Waals surface area contributed by atoms with Crippen LogP contribution in [0.1, 0.15) is 27.8 Å². The Hall–Kier alpha value is -2.76. The van der Waals surface area contributed by atoms with Gasteiger partial charge >= 0.3 is 11.9 Å². The van der Waals surface area contributed by atoms with Gasteiger partial charge in [-0.25, -0.2) is 19.6 Å². The molecule has 6 nitrogen and oxygen atoms in total. The van der Waals surface area contributed by atoms with Gasteiger partial charge in [-0.1, -0.05) is 12.1 Å². The third-order valence-corrected chi connectivity index (χ3v) is 2.78. The Bertz CT molecular complexity index is 670. The smallest absolute Gasteiger partial charge is 0.357 e. The van der Waals surface area contributed by atoms with E-state index in [4.69, 9.17) is 4.74 Å². The quantitative estimate of drug-likeness (QED) is 0.801. The number of hydrogen-bond acceptors (Lipinski definition) is 6. The molecule has 0 aliphatic rings. The molecule has 0 unspecified atom stereocenters. The molecule has 0 saturated carbocycles. The van der Waals surface area contributed by atoms with Crippen molar-refractivity contribution in [3.63, 3.8) is 0 Å². The van der Waals surface area contributed by atoms with Gasteiger partial charge in [0.25, 0.3) is 0 Å². The largest absolute Gasteiger partial charge is 0.465 e. The van der Waals surface area contributed by atoms with Crippen molar-refractivity contribution in [3.8, 4) is 11.1 Å². The van der Waals surface area contributed by atoms with Crippen molar-refractivity contribution in [2.45, 2.75) is 6.92 Å². The summed E-state index contributed by atoms with van der Waals surface area (Å²) in [5.41, 5.74) is 1.69. The van der Waals surface area contributed by atoms with E-state index >= 15 is 0 Å². The molecule has 0 fully saturated rings. The molecule has 6 heteroatoms. The molecule has 0 aliphatic heterocycles. The first kappa shape index (κ1) is 14.6. The molecule has 1 heterocycles. The van der Waals surface area contributed by atoms with Gasteiger partial charge in [-0.15, -0.1) is 0 Å². The highest BCUT2D eigenvalue weighted by Crippen LogP contribution is 2.23. The Kier molecular flexibility index (Phi) is 4.61. The Morgan fingerprint density at radius 1 is 1.24 bits per heavy atom. The topological polar surface area (TPSA) is 78.4 Å². The van der Waals surface area contributed by atoms with Crippen LogP contribution in [-0.2, 0) is 9.47 Å². The molecule has 0 atom stereocenters. The Morgan fingerprint density at radius 2 is 2.05 bits per heavy atom. The zero-order valence-corrected chi connectivity index (χ0v) is 11.7. The molecular weight excluding hydrogens is 272 g/mol. The second kappa shape index (κ2) is 6.60. The van der Waals surface area contributed by atoms with Crippen LogP contribution >= 0.6 is 0 Å². The van der Waals surface area contributed by atoms with Gasteiger partial charge < -0.3 is 9.47 Å². The fourth-order valence-electron chi connectivity index (χ4n) is 1.83. The molecule has 2 rings (SSSR count). The summed E-state index contributed by atoms with van der Waals surface area (Å²) < 4.78 is 9.65. The van der Waals surface area contributed by atoms with E-state index < -0.39 is 11.9 Å². The van der Waals surface area contributed by atoms with Gasteiger partial charge in [0.15, 0.2) is 5.69 Å². The van der Waals surface area contributed by atoms with Crippen LogP contribution in [-0.4, -0.2) is 35.6 Å². The van der Waals surface area contributed by atoms with Gasteiger partial charge in [-0.3, -0.25) is 0 Å². The lowest BCUT2D eigenvalue weighted by Crippen LogP contribution is -2.09. The molecule has 1 aromatic carbocycles. The average molecular weight is 286 g/mol. The van der Waals surface area contributed by atoms with Crippen LogP contribution in [0.3, 0.4) is 0 Å². The van der Waals surface area contributed by atoms with Crippen molar-refractivity contribution < 1.29 is 19.1 Å². The van der Waals surface area contributed by atoms with E-state index in [-0.39, 0.29) is 12.3 Å². The highest BCUT2D eigenvalue weighted by Gasteiger charge is 2.16. The van der Waals surface area contributed by atoms with E-state index in [2.05, 4.69) is 14.7 Å². The van der Waals surface area contributed by atoms with Crippen LogP contribution in [0.2, 0.25) is 0 Å². The minimum absolute atomic E-state index is 0.161. The summed E-state index contributed by atoms with van der Waals surface area (Å²) >= 11 is 0. The zero-order chi connectivity index (χ0) is 15.2. The fraction of sp³-hybridized carbons (Fsp3) is 0.200. The minimum atomic E-state index is -0.529. The van der Waals surface area contributed by atoms with Gasteiger partial charge in [0.05, 0.1) is 19.3 Å². The summed E-state index contributed by atoms with van der Waals surface area (Å²) in [6, 6.07) is 6.70. The Labute approximate surface area is 121 Å². The first-order valence-corrected chi connectivity index (χ1v) is 6.33.